The Morgan fingerprint density at radius 1 is 1.00 bits per heavy atom. The number of rotatable bonds is 9. The lowest BCUT2D eigenvalue weighted by molar-refractivity contribution is -0.321. The summed E-state index contributed by atoms with van der Waals surface area (Å²) in [6.45, 7) is 1.32. The molecule has 0 bridgehead atoms. The van der Waals surface area contributed by atoms with Gasteiger partial charge in [0, 0.05) is 24.7 Å². The third kappa shape index (κ3) is 7.77. The molecule has 2 unspecified atom stereocenters. The largest absolute Gasteiger partial charge is 0.416 e. The summed E-state index contributed by atoms with van der Waals surface area (Å²) in [7, 11) is 1.20. The van der Waals surface area contributed by atoms with Gasteiger partial charge in [-0.3, -0.25) is 9.74 Å². The minimum Gasteiger partial charge on any atom is -0.384 e. The van der Waals surface area contributed by atoms with Crippen LogP contribution in [0.5, 0.6) is 5.75 Å². The number of likely N-dealkylation sites (tertiary alicyclic amines) is 1. The number of benzene rings is 2. The van der Waals surface area contributed by atoms with Crippen molar-refractivity contribution in [1.82, 2.24) is 10.1 Å². The number of alkyl halides is 6. The van der Waals surface area contributed by atoms with Gasteiger partial charge >= 0.3 is 12.4 Å². The topological polar surface area (TPSA) is 45.2 Å². The lowest BCUT2D eigenvalue weighted by Gasteiger charge is -2.33. The van der Waals surface area contributed by atoms with E-state index < -0.39 is 40.9 Å². The predicted molar refractivity (Wildman–Crippen MR) is 142 cm³/mol. The van der Waals surface area contributed by atoms with Gasteiger partial charge in [0.2, 0.25) is 0 Å². The molecular formula is C28H28Cl2F6N2O3. The number of halogens is 8. The zero-order valence-electron chi connectivity index (χ0n) is 21.9. The van der Waals surface area contributed by atoms with E-state index in [1.54, 1.807) is 6.08 Å². The number of hydrogen-bond donors (Lipinski definition) is 1. The van der Waals surface area contributed by atoms with Crippen LogP contribution in [0.4, 0.5) is 26.3 Å². The number of hydroxylamine groups is 2. The maximum absolute atomic E-state index is 13.4. The normalized spacial score (nSPS) is 21.4. The first-order valence-electron chi connectivity index (χ1n) is 12.8. The fourth-order valence-corrected chi connectivity index (χ4v) is 5.42. The van der Waals surface area contributed by atoms with Crippen LogP contribution in [0.3, 0.4) is 0 Å². The van der Waals surface area contributed by atoms with Gasteiger partial charge in [-0.15, -0.1) is 0 Å². The number of hydrogen-bond acceptors (Lipinski definition) is 5. The molecule has 224 valence electrons. The quantitative estimate of drug-likeness (QED) is 0.229. The Morgan fingerprint density at radius 2 is 1.63 bits per heavy atom. The van der Waals surface area contributed by atoms with Crippen LogP contribution in [0.25, 0.3) is 0 Å². The van der Waals surface area contributed by atoms with E-state index in [1.165, 1.54) is 7.11 Å². The first kappa shape index (κ1) is 31.7. The highest BCUT2D eigenvalue weighted by molar-refractivity contribution is 6.40. The summed E-state index contributed by atoms with van der Waals surface area (Å²) in [5.41, 5.74) is -2.62. The third-order valence-electron chi connectivity index (χ3n) is 7.18. The molecule has 13 heteroatoms. The van der Waals surface area contributed by atoms with Gasteiger partial charge in [-0.2, -0.15) is 26.3 Å². The van der Waals surface area contributed by atoms with Gasteiger partial charge in [-0.1, -0.05) is 53.5 Å². The van der Waals surface area contributed by atoms with Crippen molar-refractivity contribution in [3.8, 4) is 5.75 Å². The molecule has 2 aromatic carbocycles. The molecule has 1 N–H and O–H groups in total. The smallest absolute Gasteiger partial charge is 0.384 e. The van der Waals surface area contributed by atoms with Gasteiger partial charge < -0.3 is 9.94 Å². The predicted octanol–water partition coefficient (Wildman–Crippen LogP) is 7.64. The standard InChI is InChI=1S/C28H28Cl2F6N2O3/c1-40-38(41-22-15-20(27(31,32)33)14-21(16-22)28(34,35)36)25(18-7-8-23(29)24(30)13-18)9-11-37-12-10-26(39,17-37)19-5-3-2-4-6-19/h2-6,13-16,25,39H,7-12,17H2,1H3. The Morgan fingerprint density at radius 3 is 2.20 bits per heavy atom. The molecule has 2 atom stereocenters. The van der Waals surface area contributed by atoms with Gasteiger partial charge in [-0.25, -0.2) is 0 Å². The molecule has 2 aromatic rings. The van der Waals surface area contributed by atoms with Crippen molar-refractivity contribution in [3.63, 3.8) is 0 Å². The minimum atomic E-state index is -5.04. The molecule has 1 aliphatic heterocycles. The van der Waals surface area contributed by atoms with Crippen molar-refractivity contribution in [1.29, 1.82) is 0 Å². The van der Waals surface area contributed by atoms with Crippen molar-refractivity contribution in [2.24, 2.45) is 0 Å². The van der Waals surface area contributed by atoms with Gasteiger partial charge in [-0.05, 0) is 66.3 Å². The number of nitrogens with zero attached hydrogens (tertiary/aromatic N) is 2. The summed E-state index contributed by atoms with van der Waals surface area (Å²) >= 11 is 12.4. The molecule has 0 amide bonds. The van der Waals surface area contributed by atoms with Crippen LogP contribution in [0, 0.1) is 0 Å². The van der Waals surface area contributed by atoms with Crippen LogP contribution in [0.2, 0.25) is 0 Å². The van der Waals surface area contributed by atoms with Gasteiger partial charge in [0.15, 0.2) is 5.75 Å². The minimum absolute atomic E-state index is 0.0268. The van der Waals surface area contributed by atoms with Gasteiger partial charge in [0.05, 0.1) is 29.3 Å². The zero-order chi connectivity index (χ0) is 30.0. The second kappa shape index (κ2) is 12.5. The molecular weight excluding hydrogens is 597 g/mol. The molecule has 0 saturated carbocycles. The third-order valence-corrected chi connectivity index (χ3v) is 8.01. The first-order valence-corrected chi connectivity index (χ1v) is 13.5. The van der Waals surface area contributed by atoms with E-state index in [0.29, 0.717) is 61.6 Å². The van der Waals surface area contributed by atoms with Crippen LogP contribution < -0.4 is 4.84 Å². The van der Waals surface area contributed by atoms with Crippen molar-refractivity contribution in [2.45, 2.75) is 49.7 Å². The Hall–Kier alpha value is -2.28. The van der Waals surface area contributed by atoms with Crippen LogP contribution in [-0.4, -0.2) is 48.0 Å². The van der Waals surface area contributed by atoms with Gasteiger partial charge in [0.25, 0.3) is 0 Å². The molecule has 1 saturated heterocycles. The second-order valence-corrected chi connectivity index (χ2v) is 10.9. The summed E-state index contributed by atoms with van der Waals surface area (Å²) in [6.07, 6.45) is -6.90. The van der Waals surface area contributed by atoms with E-state index >= 15 is 0 Å². The highest BCUT2D eigenvalue weighted by atomic mass is 35.5. The summed E-state index contributed by atoms with van der Waals surface area (Å²) < 4.78 is 80.6. The summed E-state index contributed by atoms with van der Waals surface area (Å²) in [6, 6.07) is 9.48. The van der Waals surface area contributed by atoms with Gasteiger partial charge in [0.1, 0.15) is 5.60 Å². The van der Waals surface area contributed by atoms with E-state index in [0.717, 1.165) is 10.8 Å². The average Bonchev–Trinajstić information content (AvgIpc) is 3.31. The van der Waals surface area contributed by atoms with Crippen molar-refractivity contribution in [3.05, 3.63) is 86.9 Å². The molecule has 0 aromatic heterocycles. The summed E-state index contributed by atoms with van der Waals surface area (Å²) in [5.74, 6) is -0.699. The molecule has 5 nitrogen and oxygen atoms in total. The molecule has 2 aliphatic rings. The highest BCUT2D eigenvalue weighted by Crippen LogP contribution is 2.40. The fraction of sp³-hybridized carbons (Fsp3) is 0.429. The number of β-amino-alcohol motifs (C(OH)–C–C–N with tert-alkyl or cyclic N) is 1. The Bertz CT molecular complexity index is 1250. The Labute approximate surface area is 243 Å². The zero-order valence-corrected chi connectivity index (χ0v) is 23.4. The van der Waals surface area contributed by atoms with Crippen LogP contribution in [-0.2, 0) is 22.8 Å². The summed E-state index contributed by atoms with van der Waals surface area (Å²) in [5, 5.41) is 12.8. The van der Waals surface area contributed by atoms with E-state index in [-0.39, 0.29) is 17.5 Å². The molecule has 1 aliphatic carbocycles. The second-order valence-electron chi connectivity index (χ2n) is 10.0. The van der Waals surface area contributed by atoms with Crippen LogP contribution in [0.1, 0.15) is 42.4 Å². The maximum Gasteiger partial charge on any atom is 0.416 e. The van der Waals surface area contributed by atoms with E-state index in [1.807, 2.05) is 35.2 Å². The fourth-order valence-electron chi connectivity index (χ4n) is 5.04. The van der Waals surface area contributed by atoms with Crippen LogP contribution in [0.15, 0.2) is 70.2 Å². The van der Waals surface area contributed by atoms with E-state index in [2.05, 4.69) is 0 Å². The molecule has 1 heterocycles. The average molecular weight is 625 g/mol. The highest BCUT2D eigenvalue weighted by Gasteiger charge is 2.40. The number of allylic oxidation sites excluding steroid dienone is 3. The lowest BCUT2D eigenvalue weighted by Crippen LogP contribution is -2.41. The van der Waals surface area contributed by atoms with E-state index in [4.69, 9.17) is 32.9 Å². The number of aliphatic hydroxyl groups is 1. The monoisotopic (exact) mass is 624 g/mol. The SMILES string of the molecule is CON(Oc1cc(C(F)(F)F)cc(C(F)(F)F)c1)C(CCN1CCC(O)(c2ccccc2)C1)C1=CC(Cl)=C(Cl)CC1. The Kier molecular flexibility index (Phi) is 9.67. The maximum atomic E-state index is 13.4. The molecule has 1 fully saturated rings. The van der Waals surface area contributed by atoms with Crippen LogP contribution >= 0.6 is 23.2 Å². The van der Waals surface area contributed by atoms with Crippen molar-refractivity contribution in [2.75, 3.05) is 26.7 Å². The van der Waals surface area contributed by atoms with E-state index in [9.17, 15) is 31.4 Å². The molecule has 41 heavy (non-hydrogen) atoms. The van der Waals surface area contributed by atoms with Crippen molar-refractivity contribution < 1.29 is 41.1 Å². The molecule has 0 radical (unpaired) electrons. The first-order chi connectivity index (χ1) is 19.2. The lowest BCUT2D eigenvalue weighted by atomic mass is 9.93. The molecule has 4 rings (SSSR count). The Balaban J connectivity index is 1.59. The van der Waals surface area contributed by atoms with Crippen molar-refractivity contribution >= 4 is 23.2 Å². The molecule has 0 spiro atoms. The summed E-state index contributed by atoms with van der Waals surface area (Å²) in [4.78, 5) is 12.9.